The number of aliphatic hydroxyl groups excluding tert-OH is 1. The predicted octanol–water partition coefficient (Wildman–Crippen LogP) is 3.64. The molecule has 0 unspecified atom stereocenters. The second-order valence-corrected chi connectivity index (χ2v) is 9.37. The first kappa shape index (κ1) is 17.4. The fourth-order valence-corrected chi connectivity index (χ4v) is 7.25. The van der Waals surface area contributed by atoms with Gasteiger partial charge in [0.15, 0.2) is 11.6 Å². The molecule has 0 aromatic carbocycles. The minimum Gasteiger partial charge on any atom is -0.389 e. The van der Waals surface area contributed by atoms with Crippen molar-refractivity contribution < 1.29 is 19.1 Å². The SMILES string of the molecule is C[C@]12C[C@@H](F)[C@H]3[C@@H](CCC4=CC(=O)CC[C@@]43C)[C@@H]1CC[C@@H]2C(=O)CO. The van der Waals surface area contributed by atoms with Crippen molar-refractivity contribution in [3.05, 3.63) is 11.6 Å². The number of hydrogen-bond donors (Lipinski definition) is 1. The topological polar surface area (TPSA) is 54.4 Å². The lowest BCUT2D eigenvalue weighted by Gasteiger charge is -2.59. The average Bonchev–Trinajstić information content (AvgIpc) is 2.91. The predicted molar refractivity (Wildman–Crippen MR) is 92.6 cm³/mol. The third-order valence-corrected chi connectivity index (χ3v) is 8.40. The number of ketones is 2. The van der Waals surface area contributed by atoms with Gasteiger partial charge in [0.25, 0.3) is 0 Å². The van der Waals surface area contributed by atoms with Gasteiger partial charge in [-0.15, -0.1) is 0 Å². The zero-order chi connectivity index (χ0) is 18.0. The Morgan fingerprint density at radius 1 is 1.28 bits per heavy atom. The molecule has 7 atom stereocenters. The van der Waals surface area contributed by atoms with Gasteiger partial charge in [-0.3, -0.25) is 9.59 Å². The normalized spacial score (nSPS) is 49.0. The first-order chi connectivity index (χ1) is 11.8. The van der Waals surface area contributed by atoms with Crippen LogP contribution in [-0.2, 0) is 9.59 Å². The average molecular weight is 348 g/mol. The van der Waals surface area contributed by atoms with Crippen molar-refractivity contribution in [2.45, 2.75) is 65.0 Å². The fourth-order valence-electron chi connectivity index (χ4n) is 7.25. The molecule has 3 nitrogen and oxygen atoms in total. The van der Waals surface area contributed by atoms with Gasteiger partial charge in [-0.25, -0.2) is 4.39 Å². The highest BCUT2D eigenvalue weighted by molar-refractivity contribution is 5.91. The van der Waals surface area contributed by atoms with Crippen LogP contribution in [0, 0.1) is 34.5 Å². The lowest BCUT2D eigenvalue weighted by molar-refractivity contribution is -0.138. The molecule has 0 spiro atoms. The number of aliphatic hydroxyl groups is 1. The van der Waals surface area contributed by atoms with Crippen LogP contribution in [0.15, 0.2) is 11.6 Å². The minimum atomic E-state index is -0.930. The smallest absolute Gasteiger partial charge is 0.161 e. The fraction of sp³-hybridized carbons (Fsp3) is 0.810. The number of Topliss-reactive ketones (excluding diaryl/α,β-unsaturated/α-hetero) is 1. The zero-order valence-corrected chi connectivity index (χ0v) is 15.3. The number of halogens is 1. The second-order valence-electron chi connectivity index (χ2n) is 9.37. The molecule has 0 aromatic heterocycles. The van der Waals surface area contributed by atoms with Crippen molar-refractivity contribution in [3.8, 4) is 0 Å². The van der Waals surface area contributed by atoms with Crippen LogP contribution in [-0.4, -0.2) is 29.5 Å². The van der Waals surface area contributed by atoms with Gasteiger partial charge in [0.2, 0.25) is 0 Å². The van der Waals surface area contributed by atoms with E-state index in [2.05, 4.69) is 13.8 Å². The maximum atomic E-state index is 15.6. The number of carbonyl (C=O) groups is 2. The Kier molecular flexibility index (Phi) is 3.99. The van der Waals surface area contributed by atoms with E-state index in [1.807, 2.05) is 0 Å². The van der Waals surface area contributed by atoms with E-state index in [9.17, 15) is 14.7 Å². The van der Waals surface area contributed by atoms with Gasteiger partial charge >= 0.3 is 0 Å². The molecule has 3 saturated carbocycles. The highest BCUT2D eigenvalue weighted by Crippen LogP contribution is 2.67. The van der Waals surface area contributed by atoms with Crippen molar-refractivity contribution in [2.24, 2.45) is 34.5 Å². The second kappa shape index (κ2) is 5.73. The van der Waals surface area contributed by atoms with Crippen LogP contribution in [0.25, 0.3) is 0 Å². The van der Waals surface area contributed by atoms with Crippen molar-refractivity contribution in [1.29, 1.82) is 0 Å². The number of hydrogen-bond acceptors (Lipinski definition) is 3. The molecule has 4 heteroatoms. The third-order valence-electron chi connectivity index (χ3n) is 8.40. The van der Waals surface area contributed by atoms with Gasteiger partial charge in [0.1, 0.15) is 12.8 Å². The van der Waals surface area contributed by atoms with Crippen LogP contribution >= 0.6 is 0 Å². The summed E-state index contributed by atoms with van der Waals surface area (Å²) >= 11 is 0. The number of rotatable bonds is 2. The molecule has 0 aromatic rings. The Morgan fingerprint density at radius 2 is 2.04 bits per heavy atom. The van der Waals surface area contributed by atoms with Crippen LogP contribution < -0.4 is 0 Å². The Bertz CT molecular complexity index is 641. The molecule has 0 amide bonds. The summed E-state index contributed by atoms with van der Waals surface area (Å²) in [5.41, 5.74) is 0.649. The van der Waals surface area contributed by atoms with E-state index in [1.165, 1.54) is 0 Å². The molecule has 0 radical (unpaired) electrons. The van der Waals surface area contributed by atoms with Crippen molar-refractivity contribution in [3.63, 3.8) is 0 Å². The molecule has 138 valence electrons. The highest BCUT2D eigenvalue weighted by Gasteiger charge is 2.63. The molecule has 0 bridgehead atoms. The van der Waals surface area contributed by atoms with Gasteiger partial charge in [-0.05, 0) is 67.3 Å². The monoisotopic (exact) mass is 348 g/mol. The standard InChI is InChI=1S/C21H29FO3/c1-20-8-7-13(24)9-12(20)3-4-14-15-5-6-16(18(25)11-23)21(15,2)10-17(22)19(14)20/h9,14-17,19,23H,3-8,10-11H2,1-2H3/t14-,15-,16+,17+,19+,20-,21-/m0/s1. The minimum absolute atomic E-state index is 0.0262. The summed E-state index contributed by atoms with van der Waals surface area (Å²) < 4.78 is 15.6. The van der Waals surface area contributed by atoms with Crippen LogP contribution in [0.2, 0.25) is 0 Å². The summed E-state index contributed by atoms with van der Waals surface area (Å²) in [6, 6.07) is 0. The summed E-state index contributed by atoms with van der Waals surface area (Å²) in [5, 5.41) is 9.34. The molecule has 4 rings (SSSR count). The van der Waals surface area contributed by atoms with E-state index in [1.54, 1.807) is 6.08 Å². The Labute approximate surface area is 149 Å². The molecule has 4 aliphatic carbocycles. The number of alkyl halides is 1. The van der Waals surface area contributed by atoms with E-state index in [4.69, 9.17) is 0 Å². The summed E-state index contributed by atoms with van der Waals surface area (Å²) in [7, 11) is 0. The van der Waals surface area contributed by atoms with E-state index in [-0.39, 0.29) is 34.2 Å². The van der Waals surface area contributed by atoms with E-state index < -0.39 is 12.8 Å². The number of carbonyl (C=O) groups excluding carboxylic acids is 2. The molecule has 0 heterocycles. The van der Waals surface area contributed by atoms with Gasteiger partial charge in [-0.1, -0.05) is 19.4 Å². The van der Waals surface area contributed by atoms with E-state index in [0.717, 1.165) is 37.7 Å². The summed E-state index contributed by atoms with van der Waals surface area (Å²) in [6.45, 7) is 3.83. The van der Waals surface area contributed by atoms with E-state index >= 15 is 4.39 Å². The van der Waals surface area contributed by atoms with E-state index in [0.29, 0.717) is 24.7 Å². The van der Waals surface area contributed by atoms with Gasteiger partial charge < -0.3 is 5.11 Å². The summed E-state index contributed by atoms with van der Waals surface area (Å²) in [6.07, 6.45) is 6.16. The van der Waals surface area contributed by atoms with Crippen molar-refractivity contribution in [1.82, 2.24) is 0 Å². The molecule has 0 saturated heterocycles. The molecule has 4 aliphatic rings. The molecular formula is C21H29FO3. The largest absolute Gasteiger partial charge is 0.389 e. The summed E-state index contributed by atoms with van der Waals surface area (Å²) in [5.74, 6) is 0.514. The highest BCUT2D eigenvalue weighted by atomic mass is 19.1. The Morgan fingerprint density at radius 3 is 2.76 bits per heavy atom. The van der Waals surface area contributed by atoms with Crippen molar-refractivity contribution in [2.75, 3.05) is 6.61 Å². The number of fused-ring (bicyclic) bond motifs is 5. The van der Waals surface area contributed by atoms with Gasteiger partial charge in [-0.2, -0.15) is 0 Å². The first-order valence-corrected chi connectivity index (χ1v) is 9.83. The Hall–Kier alpha value is -1.03. The maximum Gasteiger partial charge on any atom is 0.161 e. The van der Waals surface area contributed by atoms with Gasteiger partial charge in [0, 0.05) is 18.3 Å². The molecule has 1 N–H and O–H groups in total. The third kappa shape index (κ3) is 2.32. The molecule has 25 heavy (non-hydrogen) atoms. The number of allylic oxidation sites excluding steroid dienone is 1. The van der Waals surface area contributed by atoms with Crippen LogP contribution in [0.3, 0.4) is 0 Å². The molecule has 0 aliphatic heterocycles. The van der Waals surface area contributed by atoms with Crippen molar-refractivity contribution >= 4 is 11.6 Å². The molecular weight excluding hydrogens is 319 g/mol. The van der Waals surface area contributed by atoms with Crippen LogP contribution in [0.1, 0.15) is 58.8 Å². The first-order valence-electron chi connectivity index (χ1n) is 9.83. The van der Waals surface area contributed by atoms with Crippen LogP contribution in [0.5, 0.6) is 0 Å². The summed E-state index contributed by atoms with van der Waals surface area (Å²) in [4.78, 5) is 24.1. The maximum absolute atomic E-state index is 15.6. The van der Waals surface area contributed by atoms with Gasteiger partial charge in [0.05, 0.1) is 0 Å². The van der Waals surface area contributed by atoms with Crippen LogP contribution in [0.4, 0.5) is 4.39 Å². The Balaban J connectivity index is 1.70. The lowest BCUT2D eigenvalue weighted by atomic mass is 9.46. The zero-order valence-electron chi connectivity index (χ0n) is 15.3. The lowest BCUT2D eigenvalue weighted by Crippen LogP contribution is -2.56. The molecule has 3 fully saturated rings. The quantitative estimate of drug-likeness (QED) is 0.829.